The average molecular weight is 385 g/mol. The number of amidine groups is 1. The van der Waals surface area contributed by atoms with Crippen LogP contribution >= 0.6 is 11.8 Å². The molecule has 0 aromatic heterocycles. The summed E-state index contributed by atoms with van der Waals surface area (Å²) >= 11 is 1.41. The zero-order valence-electron chi connectivity index (χ0n) is 15.1. The average Bonchev–Trinajstić information content (AvgIpc) is 3.13. The molecule has 4 rings (SSSR count). The Balaban J connectivity index is 1.56. The maximum Gasteiger partial charge on any atom is 0.244 e. The summed E-state index contributed by atoms with van der Waals surface area (Å²) in [6.07, 6.45) is 2.04. The van der Waals surface area contributed by atoms with Crippen molar-refractivity contribution in [2.24, 2.45) is 5.10 Å². The molecule has 5 heteroatoms. The summed E-state index contributed by atoms with van der Waals surface area (Å²) in [4.78, 5) is 12.3. The molecule has 138 valence electrons. The minimum absolute atomic E-state index is 0.0509. The van der Waals surface area contributed by atoms with Gasteiger partial charge in [0.15, 0.2) is 5.17 Å². The third-order valence-corrected chi connectivity index (χ3v) is 5.41. The van der Waals surface area contributed by atoms with Crippen molar-refractivity contribution in [1.29, 1.82) is 0 Å². The van der Waals surface area contributed by atoms with Gasteiger partial charge in [-0.05, 0) is 22.8 Å². The van der Waals surface area contributed by atoms with Crippen LogP contribution in [0.15, 0.2) is 96.1 Å². The number of benzene rings is 3. The summed E-state index contributed by atoms with van der Waals surface area (Å²) in [7, 11) is 0. The van der Waals surface area contributed by atoms with E-state index in [1.54, 1.807) is 0 Å². The fraction of sp³-hybridized carbons (Fsp3) is 0.0435. The molecule has 1 fully saturated rings. The first-order valence-corrected chi connectivity index (χ1v) is 9.86. The highest BCUT2D eigenvalue weighted by Gasteiger charge is 2.31. The summed E-state index contributed by atoms with van der Waals surface area (Å²) in [6.45, 7) is 0. The number of carbonyl (C=O) groups is 1. The van der Waals surface area contributed by atoms with Gasteiger partial charge in [0, 0.05) is 0 Å². The molecule has 3 aromatic carbocycles. The molecule has 1 amide bonds. The number of nitrogens with one attached hydrogen (secondary N) is 2. The van der Waals surface area contributed by atoms with Crippen molar-refractivity contribution < 1.29 is 4.79 Å². The van der Waals surface area contributed by atoms with Crippen LogP contribution in [0.2, 0.25) is 0 Å². The van der Waals surface area contributed by atoms with Gasteiger partial charge >= 0.3 is 0 Å². The standard InChI is InChI=1S/C23H19N3OS/c27-22-21(19-14-8-3-9-15-19)28-23(24-22)26-25-20(18-12-6-2-7-13-18)16-17-10-4-1-5-11-17/h1-16,21,25H,(H,24,26,27). The van der Waals surface area contributed by atoms with E-state index in [1.165, 1.54) is 11.8 Å². The molecule has 0 saturated carbocycles. The van der Waals surface area contributed by atoms with Gasteiger partial charge < -0.3 is 5.32 Å². The number of hydrogen-bond donors (Lipinski definition) is 2. The predicted molar refractivity (Wildman–Crippen MR) is 116 cm³/mol. The molecule has 0 bridgehead atoms. The van der Waals surface area contributed by atoms with Crippen LogP contribution in [0.4, 0.5) is 0 Å². The van der Waals surface area contributed by atoms with Crippen molar-refractivity contribution >= 4 is 34.6 Å². The second-order valence-corrected chi connectivity index (χ2v) is 7.36. The van der Waals surface area contributed by atoms with Crippen LogP contribution in [0.25, 0.3) is 11.8 Å². The smallest absolute Gasteiger partial charge is 0.244 e. The van der Waals surface area contributed by atoms with Gasteiger partial charge in [0.25, 0.3) is 0 Å². The van der Waals surface area contributed by atoms with Gasteiger partial charge in [0.05, 0.1) is 5.70 Å². The monoisotopic (exact) mass is 385 g/mol. The molecule has 1 atom stereocenters. The van der Waals surface area contributed by atoms with Crippen molar-refractivity contribution in [2.75, 3.05) is 0 Å². The number of amides is 1. The van der Waals surface area contributed by atoms with Crippen LogP contribution in [0, 0.1) is 0 Å². The molecule has 0 aliphatic carbocycles. The van der Waals surface area contributed by atoms with Crippen molar-refractivity contribution in [3.63, 3.8) is 0 Å². The Labute approximate surface area is 168 Å². The van der Waals surface area contributed by atoms with Crippen LogP contribution in [0.1, 0.15) is 21.9 Å². The maximum absolute atomic E-state index is 12.3. The summed E-state index contributed by atoms with van der Waals surface area (Å²) in [5.74, 6) is -0.0509. The summed E-state index contributed by atoms with van der Waals surface area (Å²) < 4.78 is 0. The highest BCUT2D eigenvalue weighted by atomic mass is 32.2. The largest absolute Gasteiger partial charge is 0.302 e. The Kier molecular flexibility index (Phi) is 5.54. The number of nitrogens with zero attached hydrogens (tertiary/aromatic N) is 1. The fourth-order valence-electron chi connectivity index (χ4n) is 2.89. The molecule has 4 nitrogen and oxygen atoms in total. The van der Waals surface area contributed by atoms with Gasteiger partial charge in [-0.15, -0.1) is 5.10 Å². The van der Waals surface area contributed by atoms with E-state index in [4.69, 9.17) is 0 Å². The highest BCUT2D eigenvalue weighted by Crippen LogP contribution is 2.34. The first-order valence-electron chi connectivity index (χ1n) is 8.98. The molecule has 1 unspecified atom stereocenters. The topological polar surface area (TPSA) is 53.5 Å². The molecule has 3 aromatic rings. The molecular weight excluding hydrogens is 366 g/mol. The molecule has 1 heterocycles. The van der Waals surface area contributed by atoms with Gasteiger partial charge in [0.1, 0.15) is 5.25 Å². The summed E-state index contributed by atoms with van der Waals surface area (Å²) in [6, 6.07) is 29.8. The zero-order valence-corrected chi connectivity index (χ0v) is 15.9. The van der Waals surface area contributed by atoms with Gasteiger partial charge in [-0.25, -0.2) is 0 Å². The Morgan fingerprint density at radius 3 is 2.18 bits per heavy atom. The van der Waals surface area contributed by atoms with Crippen LogP contribution in [0.3, 0.4) is 0 Å². The first-order chi connectivity index (χ1) is 13.8. The van der Waals surface area contributed by atoms with E-state index < -0.39 is 0 Å². The van der Waals surface area contributed by atoms with Crippen molar-refractivity contribution in [2.45, 2.75) is 5.25 Å². The van der Waals surface area contributed by atoms with Crippen molar-refractivity contribution in [3.05, 3.63) is 108 Å². The van der Waals surface area contributed by atoms with E-state index in [9.17, 15) is 4.79 Å². The number of thioether (sulfide) groups is 1. The van der Waals surface area contributed by atoms with E-state index in [0.29, 0.717) is 5.17 Å². The van der Waals surface area contributed by atoms with Gasteiger partial charge in [0.2, 0.25) is 5.91 Å². The summed E-state index contributed by atoms with van der Waals surface area (Å²) in [5, 5.41) is 7.59. The third kappa shape index (κ3) is 4.32. The Bertz CT molecular complexity index is 1000. The van der Waals surface area contributed by atoms with Crippen molar-refractivity contribution in [3.8, 4) is 0 Å². The van der Waals surface area contributed by atoms with Crippen molar-refractivity contribution in [1.82, 2.24) is 10.7 Å². The fourth-order valence-corrected chi connectivity index (χ4v) is 3.83. The van der Waals surface area contributed by atoms with Gasteiger partial charge in [-0.2, -0.15) is 0 Å². The molecule has 2 N–H and O–H groups in total. The second kappa shape index (κ2) is 8.59. The first kappa shape index (κ1) is 18.1. The molecule has 0 radical (unpaired) electrons. The molecule has 1 aliphatic heterocycles. The van der Waals surface area contributed by atoms with E-state index in [2.05, 4.69) is 15.8 Å². The Morgan fingerprint density at radius 1 is 0.893 bits per heavy atom. The number of hydrazone groups is 1. The maximum atomic E-state index is 12.3. The van der Waals surface area contributed by atoms with Crippen LogP contribution < -0.4 is 10.7 Å². The minimum Gasteiger partial charge on any atom is -0.302 e. The minimum atomic E-state index is -0.278. The van der Waals surface area contributed by atoms with Crippen LogP contribution in [-0.4, -0.2) is 11.1 Å². The van der Waals surface area contributed by atoms with E-state index in [-0.39, 0.29) is 11.2 Å². The predicted octanol–water partition coefficient (Wildman–Crippen LogP) is 4.65. The number of carbonyl (C=O) groups excluding carboxylic acids is 1. The lowest BCUT2D eigenvalue weighted by Crippen LogP contribution is -2.23. The molecule has 0 spiro atoms. The lowest BCUT2D eigenvalue weighted by Gasteiger charge is -2.08. The van der Waals surface area contributed by atoms with E-state index in [0.717, 1.165) is 22.4 Å². The van der Waals surface area contributed by atoms with E-state index in [1.807, 2.05) is 97.1 Å². The second-order valence-electron chi connectivity index (χ2n) is 6.26. The molecule has 1 aliphatic rings. The number of hydrogen-bond acceptors (Lipinski definition) is 4. The highest BCUT2D eigenvalue weighted by molar-refractivity contribution is 8.15. The Hall–Kier alpha value is -3.31. The van der Waals surface area contributed by atoms with Crippen LogP contribution in [-0.2, 0) is 4.79 Å². The quantitative estimate of drug-likeness (QED) is 0.497. The Morgan fingerprint density at radius 2 is 1.50 bits per heavy atom. The molecule has 1 saturated heterocycles. The SMILES string of the molecule is O=C1NC(=NNC(=Cc2ccccc2)c2ccccc2)SC1c1ccccc1. The molecule has 28 heavy (non-hydrogen) atoms. The third-order valence-electron chi connectivity index (χ3n) is 4.27. The normalized spacial score (nSPS) is 18.1. The zero-order chi connectivity index (χ0) is 19.2. The van der Waals surface area contributed by atoms with Gasteiger partial charge in [-0.3, -0.25) is 10.2 Å². The van der Waals surface area contributed by atoms with E-state index >= 15 is 0 Å². The lowest BCUT2D eigenvalue weighted by molar-refractivity contribution is -0.118. The number of rotatable bonds is 5. The summed E-state index contributed by atoms with van der Waals surface area (Å²) in [5.41, 5.74) is 7.05. The van der Waals surface area contributed by atoms with Gasteiger partial charge in [-0.1, -0.05) is 103 Å². The van der Waals surface area contributed by atoms with Crippen LogP contribution in [0.5, 0.6) is 0 Å². The lowest BCUT2D eigenvalue weighted by atomic mass is 10.1. The molecular formula is C23H19N3OS.